The second-order valence-corrected chi connectivity index (χ2v) is 4.15. The zero-order valence-corrected chi connectivity index (χ0v) is 9.01. The van der Waals surface area contributed by atoms with Gasteiger partial charge in [-0.15, -0.1) is 0 Å². The lowest BCUT2D eigenvalue weighted by Gasteiger charge is -2.30. The summed E-state index contributed by atoms with van der Waals surface area (Å²) >= 11 is 0. The second kappa shape index (κ2) is 4.74. The lowest BCUT2D eigenvalue weighted by atomic mass is 9.80. The Labute approximate surface area is 86.0 Å². The van der Waals surface area contributed by atoms with E-state index in [0.29, 0.717) is 24.8 Å². The summed E-state index contributed by atoms with van der Waals surface area (Å²) in [4.78, 5) is 11.8. The SMILES string of the molecule is C=C(CC)C1(O)CCCCCCC1=O. The average Bonchev–Trinajstić information content (AvgIpc) is 2.18. The van der Waals surface area contributed by atoms with Gasteiger partial charge < -0.3 is 5.11 Å². The summed E-state index contributed by atoms with van der Waals surface area (Å²) in [5.74, 6) is -0.0240. The Balaban J connectivity index is 2.78. The number of carbonyl (C=O) groups is 1. The molecule has 80 valence electrons. The lowest BCUT2D eigenvalue weighted by molar-refractivity contribution is -0.135. The molecular weight excluding hydrogens is 176 g/mol. The highest BCUT2D eigenvalue weighted by molar-refractivity contribution is 5.90. The topological polar surface area (TPSA) is 37.3 Å². The predicted octanol–water partition coefficient (Wildman–Crippen LogP) is 2.61. The Morgan fingerprint density at radius 3 is 2.71 bits per heavy atom. The molecule has 14 heavy (non-hydrogen) atoms. The van der Waals surface area contributed by atoms with Crippen LogP contribution < -0.4 is 0 Å². The van der Waals surface area contributed by atoms with E-state index in [-0.39, 0.29) is 5.78 Å². The van der Waals surface area contributed by atoms with Gasteiger partial charge in [-0.3, -0.25) is 4.79 Å². The fourth-order valence-electron chi connectivity index (χ4n) is 2.03. The molecule has 0 amide bonds. The fourth-order valence-corrected chi connectivity index (χ4v) is 2.03. The number of hydrogen-bond donors (Lipinski definition) is 1. The molecule has 1 aliphatic rings. The Morgan fingerprint density at radius 1 is 1.43 bits per heavy atom. The van der Waals surface area contributed by atoms with Crippen LogP contribution in [0, 0.1) is 0 Å². The molecule has 1 atom stereocenters. The minimum Gasteiger partial charge on any atom is -0.378 e. The zero-order valence-electron chi connectivity index (χ0n) is 9.01. The Kier molecular flexibility index (Phi) is 3.87. The maximum Gasteiger partial charge on any atom is 0.168 e. The maximum atomic E-state index is 11.8. The summed E-state index contributed by atoms with van der Waals surface area (Å²) in [5.41, 5.74) is -0.528. The van der Waals surface area contributed by atoms with Crippen molar-refractivity contribution in [2.45, 2.75) is 57.5 Å². The molecule has 0 bridgehead atoms. The van der Waals surface area contributed by atoms with E-state index < -0.39 is 5.60 Å². The van der Waals surface area contributed by atoms with Crippen LogP contribution in [0.3, 0.4) is 0 Å². The molecule has 0 spiro atoms. The van der Waals surface area contributed by atoms with Gasteiger partial charge in [0.1, 0.15) is 5.60 Å². The van der Waals surface area contributed by atoms with Crippen LogP contribution in [0.5, 0.6) is 0 Å². The van der Waals surface area contributed by atoms with Crippen LogP contribution in [-0.4, -0.2) is 16.5 Å². The molecule has 2 nitrogen and oxygen atoms in total. The monoisotopic (exact) mass is 196 g/mol. The van der Waals surface area contributed by atoms with Crippen molar-refractivity contribution in [3.8, 4) is 0 Å². The molecular formula is C12H20O2. The third-order valence-corrected chi connectivity index (χ3v) is 3.17. The van der Waals surface area contributed by atoms with Crippen LogP contribution in [0.25, 0.3) is 0 Å². The van der Waals surface area contributed by atoms with Gasteiger partial charge in [0.15, 0.2) is 5.78 Å². The average molecular weight is 196 g/mol. The zero-order chi connectivity index (χ0) is 10.6. The quantitative estimate of drug-likeness (QED) is 0.689. The van der Waals surface area contributed by atoms with Crippen molar-refractivity contribution < 1.29 is 9.90 Å². The first-order valence-electron chi connectivity index (χ1n) is 5.55. The summed E-state index contributed by atoms with van der Waals surface area (Å²) in [6, 6.07) is 0. The van der Waals surface area contributed by atoms with Gasteiger partial charge in [-0.05, 0) is 31.3 Å². The van der Waals surface area contributed by atoms with Gasteiger partial charge >= 0.3 is 0 Å². The maximum absolute atomic E-state index is 11.8. The van der Waals surface area contributed by atoms with Crippen LogP contribution >= 0.6 is 0 Å². The summed E-state index contributed by atoms with van der Waals surface area (Å²) in [5, 5.41) is 10.3. The minimum atomic E-state index is -1.21. The molecule has 0 aromatic carbocycles. The van der Waals surface area contributed by atoms with Crippen molar-refractivity contribution >= 4 is 5.78 Å². The van der Waals surface area contributed by atoms with Gasteiger partial charge in [0.25, 0.3) is 0 Å². The highest BCUT2D eigenvalue weighted by Crippen LogP contribution is 2.30. The van der Waals surface area contributed by atoms with Crippen LogP contribution in [0.2, 0.25) is 0 Å². The van der Waals surface area contributed by atoms with E-state index in [9.17, 15) is 9.90 Å². The van der Waals surface area contributed by atoms with Crippen LogP contribution in [0.1, 0.15) is 51.9 Å². The normalized spacial score (nSPS) is 29.4. The van der Waals surface area contributed by atoms with Gasteiger partial charge in [-0.25, -0.2) is 0 Å². The standard InChI is InChI=1S/C12H20O2/c1-3-10(2)12(14)9-7-5-4-6-8-11(12)13/h14H,2-9H2,1H3. The largest absolute Gasteiger partial charge is 0.378 e. The summed E-state index contributed by atoms with van der Waals surface area (Å²) in [6.45, 7) is 5.76. The van der Waals surface area contributed by atoms with E-state index in [4.69, 9.17) is 0 Å². The van der Waals surface area contributed by atoms with Gasteiger partial charge in [0.2, 0.25) is 0 Å². The van der Waals surface area contributed by atoms with Gasteiger partial charge in [-0.1, -0.05) is 26.3 Å². The Hall–Kier alpha value is -0.630. The molecule has 1 fully saturated rings. The van der Waals surface area contributed by atoms with Crippen molar-refractivity contribution in [2.75, 3.05) is 0 Å². The number of Topliss-reactive ketones (excluding diaryl/α,β-unsaturated/α-hetero) is 1. The number of ketones is 1. The van der Waals surface area contributed by atoms with Crippen molar-refractivity contribution in [1.82, 2.24) is 0 Å². The van der Waals surface area contributed by atoms with Crippen molar-refractivity contribution in [3.05, 3.63) is 12.2 Å². The van der Waals surface area contributed by atoms with Gasteiger partial charge in [-0.2, -0.15) is 0 Å². The first kappa shape index (κ1) is 11.4. The first-order valence-corrected chi connectivity index (χ1v) is 5.55. The molecule has 1 aliphatic carbocycles. The number of rotatable bonds is 2. The molecule has 2 heteroatoms. The third kappa shape index (κ3) is 2.24. The predicted molar refractivity (Wildman–Crippen MR) is 57.1 cm³/mol. The molecule has 0 aromatic rings. The van der Waals surface area contributed by atoms with Crippen molar-refractivity contribution in [1.29, 1.82) is 0 Å². The van der Waals surface area contributed by atoms with Crippen LogP contribution in [-0.2, 0) is 4.79 Å². The van der Waals surface area contributed by atoms with E-state index in [1.807, 2.05) is 6.92 Å². The molecule has 0 aliphatic heterocycles. The molecule has 0 heterocycles. The second-order valence-electron chi connectivity index (χ2n) is 4.15. The molecule has 1 unspecified atom stereocenters. The number of aliphatic hydroxyl groups is 1. The Morgan fingerprint density at radius 2 is 2.07 bits per heavy atom. The molecule has 0 aromatic heterocycles. The van der Waals surface area contributed by atoms with E-state index >= 15 is 0 Å². The molecule has 1 N–H and O–H groups in total. The van der Waals surface area contributed by atoms with Crippen molar-refractivity contribution in [2.24, 2.45) is 0 Å². The summed E-state index contributed by atoms with van der Waals surface area (Å²) < 4.78 is 0. The van der Waals surface area contributed by atoms with Crippen LogP contribution in [0.15, 0.2) is 12.2 Å². The van der Waals surface area contributed by atoms with Crippen molar-refractivity contribution in [3.63, 3.8) is 0 Å². The smallest absolute Gasteiger partial charge is 0.168 e. The Bertz CT molecular complexity index is 232. The summed E-state index contributed by atoms with van der Waals surface area (Å²) in [6.07, 6.45) is 5.84. The van der Waals surface area contributed by atoms with E-state index in [1.165, 1.54) is 0 Å². The molecule has 0 saturated heterocycles. The van der Waals surface area contributed by atoms with Gasteiger partial charge in [0.05, 0.1) is 0 Å². The highest BCUT2D eigenvalue weighted by Gasteiger charge is 2.37. The molecule has 0 radical (unpaired) electrons. The highest BCUT2D eigenvalue weighted by atomic mass is 16.3. The van der Waals surface area contributed by atoms with E-state index in [1.54, 1.807) is 0 Å². The third-order valence-electron chi connectivity index (χ3n) is 3.17. The first-order chi connectivity index (χ1) is 6.61. The van der Waals surface area contributed by atoms with Gasteiger partial charge in [0, 0.05) is 6.42 Å². The van der Waals surface area contributed by atoms with Crippen LogP contribution in [0.4, 0.5) is 0 Å². The minimum absolute atomic E-state index is 0.0240. The molecule has 1 saturated carbocycles. The lowest BCUT2D eigenvalue weighted by Crippen LogP contribution is -2.40. The van der Waals surface area contributed by atoms with E-state index in [2.05, 4.69) is 6.58 Å². The van der Waals surface area contributed by atoms with E-state index in [0.717, 1.165) is 25.7 Å². The molecule has 1 rings (SSSR count). The number of hydrogen-bond acceptors (Lipinski definition) is 2. The number of carbonyl (C=O) groups excluding carboxylic acids is 1. The summed E-state index contributed by atoms with van der Waals surface area (Å²) in [7, 11) is 0. The fraction of sp³-hybridized carbons (Fsp3) is 0.750.